The number of carbonyl (C=O) groups is 1. The summed E-state index contributed by atoms with van der Waals surface area (Å²) in [6, 6.07) is 6.82. The van der Waals surface area contributed by atoms with Crippen LogP contribution in [-0.2, 0) is 17.5 Å². The van der Waals surface area contributed by atoms with Gasteiger partial charge >= 0.3 is 6.18 Å². The third kappa shape index (κ3) is 8.95. The monoisotopic (exact) mass is 517 g/mol. The van der Waals surface area contributed by atoms with Crippen molar-refractivity contribution in [1.82, 2.24) is 0 Å². The summed E-state index contributed by atoms with van der Waals surface area (Å²) in [5.74, 6) is -2.18. The summed E-state index contributed by atoms with van der Waals surface area (Å²) in [5, 5.41) is 4.84. The molecule has 0 unspecified atom stereocenters. The molecule has 1 amide bonds. The summed E-state index contributed by atoms with van der Waals surface area (Å²) in [7, 11) is 0. The summed E-state index contributed by atoms with van der Waals surface area (Å²) in [4.78, 5) is 12.1. The topological polar surface area (TPSA) is 67.2 Å². The van der Waals surface area contributed by atoms with E-state index < -0.39 is 41.5 Å². The van der Waals surface area contributed by atoms with Crippen molar-refractivity contribution in [2.24, 2.45) is 0 Å². The Morgan fingerprint density at radius 1 is 0.917 bits per heavy atom. The van der Waals surface area contributed by atoms with Crippen LogP contribution in [0.3, 0.4) is 0 Å². The molecule has 2 aromatic rings. The fraction of sp³-hybridized carbons (Fsp3) is 0.500. The number of hydrogen-bond acceptors (Lipinski definition) is 3. The van der Waals surface area contributed by atoms with E-state index in [1.165, 1.54) is 24.3 Å². The Bertz CT molecular complexity index is 965. The largest absolute Gasteiger partial charge is 0.416 e. The minimum absolute atomic E-state index is 0.00882. The van der Waals surface area contributed by atoms with Gasteiger partial charge in [0.2, 0.25) is 6.17 Å². The average molecular weight is 518 g/mol. The number of unbranched alkanes of at least 4 members (excludes halogenated alkanes) is 6. The maximum Gasteiger partial charge on any atom is 0.416 e. The molecule has 0 bridgehead atoms. The molecule has 0 fully saturated rings. The van der Waals surface area contributed by atoms with Crippen molar-refractivity contribution in [1.29, 1.82) is 0 Å². The number of halogens is 6. The van der Waals surface area contributed by atoms with Crippen LogP contribution < -0.4 is 16.4 Å². The van der Waals surface area contributed by atoms with Gasteiger partial charge in [0, 0.05) is 6.54 Å². The second-order valence-electron chi connectivity index (χ2n) is 8.75. The zero-order valence-corrected chi connectivity index (χ0v) is 20.2. The molecule has 36 heavy (non-hydrogen) atoms. The van der Waals surface area contributed by atoms with Crippen LogP contribution in [0.1, 0.15) is 69.4 Å². The van der Waals surface area contributed by atoms with Gasteiger partial charge in [0.15, 0.2) is 5.82 Å². The van der Waals surface area contributed by atoms with E-state index in [1.54, 1.807) is 0 Å². The Labute approximate surface area is 207 Å². The molecule has 200 valence electrons. The van der Waals surface area contributed by atoms with Gasteiger partial charge in [0.25, 0.3) is 5.91 Å². The summed E-state index contributed by atoms with van der Waals surface area (Å²) in [6.45, 7) is 2.12. The number of anilines is 3. The molecule has 0 heterocycles. The molecule has 0 saturated carbocycles. The molecule has 2 atom stereocenters. The van der Waals surface area contributed by atoms with Crippen LogP contribution >= 0.6 is 0 Å². The second kappa shape index (κ2) is 14.0. The van der Waals surface area contributed by atoms with Gasteiger partial charge in [-0.2, -0.15) is 13.2 Å². The van der Waals surface area contributed by atoms with E-state index in [0.717, 1.165) is 50.7 Å². The third-order valence-electron chi connectivity index (χ3n) is 5.85. The SMILES string of the molecule is CCCCCCCCC[C@H](F)[C@H](F)C(=O)Nc1ccc(NCc2ccc(C(F)(F)F)cc2)c(F)c1N. The lowest BCUT2D eigenvalue weighted by Crippen LogP contribution is -2.32. The number of nitrogens with one attached hydrogen (secondary N) is 2. The van der Waals surface area contributed by atoms with E-state index in [0.29, 0.717) is 12.0 Å². The predicted octanol–water partition coefficient (Wildman–Crippen LogP) is 7.79. The minimum atomic E-state index is -4.46. The summed E-state index contributed by atoms with van der Waals surface area (Å²) < 4.78 is 81.0. The second-order valence-corrected chi connectivity index (χ2v) is 8.75. The molecular weight excluding hydrogens is 484 g/mol. The summed E-state index contributed by atoms with van der Waals surface area (Å²) in [6.07, 6.45) is -2.32. The van der Waals surface area contributed by atoms with E-state index in [-0.39, 0.29) is 24.3 Å². The maximum absolute atomic E-state index is 14.7. The number of nitrogens with two attached hydrogens (primary N) is 1. The fourth-order valence-electron chi connectivity index (χ4n) is 3.66. The van der Waals surface area contributed by atoms with Crippen molar-refractivity contribution in [3.8, 4) is 0 Å². The quantitative estimate of drug-likeness (QED) is 0.136. The molecule has 0 spiro atoms. The van der Waals surface area contributed by atoms with Crippen LogP contribution in [-0.4, -0.2) is 18.3 Å². The van der Waals surface area contributed by atoms with Gasteiger partial charge in [-0.3, -0.25) is 4.79 Å². The minimum Gasteiger partial charge on any atom is -0.395 e. The van der Waals surface area contributed by atoms with Crippen LogP contribution in [0, 0.1) is 5.82 Å². The lowest BCUT2D eigenvalue weighted by Gasteiger charge is -2.16. The smallest absolute Gasteiger partial charge is 0.395 e. The van der Waals surface area contributed by atoms with Crippen LogP contribution in [0.4, 0.5) is 43.4 Å². The van der Waals surface area contributed by atoms with Gasteiger partial charge in [-0.25, -0.2) is 13.2 Å². The van der Waals surface area contributed by atoms with Crippen LogP contribution in [0.5, 0.6) is 0 Å². The Balaban J connectivity index is 1.87. The number of amides is 1. The highest BCUT2D eigenvalue weighted by Gasteiger charge is 2.30. The van der Waals surface area contributed by atoms with Crippen molar-refractivity contribution in [3.05, 3.63) is 53.3 Å². The maximum atomic E-state index is 14.7. The van der Waals surface area contributed by atoms with Crippen molar-refractivity contribution in [2.75, 3.05) is 16.4 Å². The predicted molar refractivity (Wildman–Crippen MR) is 131 cm³/mol. The molecule has 4 nitrogen and oxygen atoms in total. The molecule has 0 radical (unpaired) electrons. The number of alkyl halides is 5. The van der Waals surface area contributed by atoms with E-state index >= 15 is 0 Å². The molecule has 0 aliphatic rings. The number of nitrogen functional groups attached to an aromatic ring is 1. The average Bonchev–Trinajstić information content (AvgIpc) is 2.84. The van der Waals surface area contributed by atoms with Crippen LogP contribution in [0.25, 0.3) is 0 Å². The fourth-order valence-corrected chi connectivity index (χ4v) is 3.66. The molecule has 0 saturated heterocycles. The van der Waals surface area contributed by atoms with Gasteiger partial charge in [-0.05, 0) is 36.2 Å². The third-order valence-corrected chi connectivity index (χ3v) is 5.85. The standard InChI is InChI=1S/C26H33F6N3O/c1-2-3-4-5-6-7-8-9-19(27)22(28)25(36)35-21-15-14-20(23(29)24(21)33)34-16-17-10-12-18(13-11-17)26(30,31)32/h10-15,19,22,34H,2-9,16,33H2,1H3,(H,35,36)/t19-,22-/m0/s1. The number of hydrogen-bond donors (Lipinski definition) is 3. The molecule has 2 aromatic carbocycles. The van der Waals surface area contributed by atoms with Crippen LogP contribution in [0.15, 0.2) is 36.4 Å². The first-order valence-corrected chi connectivity index (χ1v) is 12.1. The lowest BCUT2D eigenvalue weighted by molar-refractivity contribution is -0.137. The van der Waals surface area contributed by atoms with Crippen molar-refractivity contribution < 1.29 is 31.1 Å². The first-order chi connectivity index (χ1) is 17.0. The van der Waals surface area contributed by atoms with Crippen molar-refractivity contribution >= 4 is 23.0 Å². The number of carbonyl (C=O) groups excluding carboxylic acids is 1. The highest BCUT2D eigenvalue weighted by atomic mass is 19.4. The van der Waals surface area contributed by atoms with Gasteiger partial charge in [-0.15, -0.1) is 0 Å². The Morgan fingerprint density at radius 3 is 2.11 bits per heavy atom. The first kappa shape index (κ1) is 29.3. The Kier molecular flexibility index (Phi) is 11.4. The number of benzene rings is 2. The zero-order chi connectivity index (χ0) is 26.7. The molecule has 4 N–H and O–H groups in total. The summed E-state index contributed by atoms with van der Waals surface area (Å²) >= 11 is 0. The highest BCUT2D eigenvalue weighted by Crippen LogP contribution is 2.31. The Hall–Kier alpha value is -2.91. The molecule has 10 heteroatoms. The van der Waals surface area contributed by atoms with Crippen LogP contribution in [0.2, 0.25) is 0 Å². The first-order valence-electron chi connectivity index (χ1n) is 12.1. The van der Waals surface area contributed by atoms with Gasteiger partial charge in [0.05, 0.1) is 22.6 Å². The summed E-state index contributed by atoms with van der Waals surface area (Å²) in [5.41, 5.74) is 4.64. The molecule has 2 rings (SSSR count). The van der Waals surface area contributed by atoms with Crippen molar-refractivity contribution in [2.45, 2.75) is 83.4 Å². The van der Waals surface area contributed by atoms with Gasteiger partial charge in [-0.1, -0.05) is 64.0 Å². The zero-order valence-electron chi connectivity index (χ0n) is 20.2. The van der Waals surface area contributed by atoms with Gasteiger partial charge < -0.3 is 16.4 Å². The normalized spacial score (nSPS) is 13.3. The molecule has 0 aliphatic carbocycles. The van der Waals surface area contributed by atoms with E-state index in [4.69, 9.17) is 5.73 Å². The molecule has 0 aromatic heterocycles. The number of rotatable bonds is 14. The van der Waals surface area contributed by atoms with E-state index in [1.807, 2.05) is 0 Å². The van der Waals surface area contributed by atoms with Gasteiger partial charge in [0.1, 0.15) is 6.17 Å². The lowest BCUT2D eigenvalue weighted by atomic mass is 10.0. The molecular formula is C26H33F6N3O. The van der Waals surface area contributed by atoms with E-state index in [2.05, 4.69) is 17.6 Å². The van der Waals surface area contributed by atoms with E-state index in [9.17, 15) is 31.1 Å². The molecule has 0 aliphatic heterocycles. The highest BCUT2D eigenvalue weighted by molar-refractivity contribution is 5.97. The van der Waals surface area contributed by atoms with Crippen molar-refractivity contribution in [3.63, 3.8) is 0 Å². The Morgan fingerprint density at radius 2 is 1.50 bits per heavy atom.